The summed E-state index contributed by atoms with van der Waals surface area (Å²) in [5, 5.41) is 20.0. The highest BCUT2D eigenvalue weighted by molar-refractivity contribution is 6.03. The van der Waals surface area contributed by atoms with E-state index in [-0.39, 0.29) is 0 Å². The van der Waals surface area contributed by atoms with E-state index >= 15 is 0 Å². The van der Waals surface area contributed by atoms with E-state index in [1.165, 1.54) is 167 Å². The summed E-state index contributed by atoms with van der Waals surface area (Å²) in [7, 11) is 0. The highest BCUT2D eigenvalue weighted by Gasteiger charge is 2.09. The summed E-state index contributed by atoms with van der Waals surface area (Å²) in [5.41, 5.74) is 9.84. The van der Waals surface area contributed by atoms with Crippen LogP contribution in [0, 0.1) is 0 Å². The molecule has 0 unspecified atom stereocenters. The number of nitrogens with two attached hydrogens (primary N) is 1. The van der Waals surface area contributed by atoms with Crippen molar-refractivity contribution < 1.29 is 9.47 Å². The first-order chi connectivity index (χ1) is 30.2. The number of anilines is 1. The van der Waals surface area contributed by atoms with Crippen LogP contribution >= 0.6 is 0 Å². The quantitative estimate of drug-likeness (QED) is 0.0281. The van der Waals surface area contributed by atoms with Crippen molar-refractivity contribution in [2.45, 2.75) is 194 Å². The van der Waals surface area contributed by atoms with Gasteiger partial charge in [0, 0.05) is 10.8 Å². The average Bonchev–Trinajstić information content (AvgIpc) is 3.28. The van der Waals surface area contributed by atoms with Gasteiger partial charge in [0.15, 0.2) is 0 Å². The van der Waals surface area contributed by atoms with Crippen LogP contribution in [0.15, 0.2) is 99.3 Å². The summed E-state index contributed by atoms with van der Waals surface area (Å²) in [6.45, 7) is 6.06. The van der Waals surface area contributed by atoms with Gasteiger partial charge in [-0.25, -0.2) is 0 Å². The Hall–Kier alpha value is -4.26. The molecular weight excluding hydrogens is 751 g/mol. The van der Waals surface area contributed by atoms with Crippen molar-refractivity contribution in [3.63, 3.8) is 0 Å². The molecule has 0 spiro atoms. The third-order valence-electron chi connectivity index (χ3n) is 11.8. The lowest BCUT2D eigenvalue weighted by molar-refractivity contribution is 0.304. The summed E-state index contributed by atoms with van der Waals surface area (Å²) in [5.74, 6) is 1.72. The molecule has 0 atom stereocenters. The van der Waals surface area contributed by atoms with Crippen LogP contribution in [0.1, 0.15) is 194 Å². The summed E-state index contributed by atoms with van der Waals surface area (Å²) >= 11 is 0. The van der Waals surface area contributed by atoms with Crippen LogP contribution in [0.4, 0.5) is 28.4 Å². The maximum atomic E-state index is 6.42. The number of rotatable bonds is 36. The molecule has 4 rings (SSSR count). The average molecular weight is 832 g/mol. The second kappa shape index (κ2) is 32.5. The zero-order chi connectivity index (χ0) is 42.8. The Morgan fingerprint density at radius 1 is 0.361 bits per heavy atom. The van der Waals surface area contributed by atoms with Gasteiger partial charge in [-0.2, -0.15) is 10.2 Å². The number of azo groups is 2. The summed E-state index contributed by atoms with van der Waals surface area (Å²) in [6.07, 6.45) is 38.0. The van der Waals surface area contributed by atoms with E-state index in [0.29, 0.717) is 11.4 Å². The molecule has 0 aromatic heterocycles. The standard InChI is InChI=1S/C54H81N5O2/c1-3-5-7-9-11-13-15-17-19-21-23-25-27-29-44-60-48-38-34-46(35-39-48)56-58-53-33-31-32-51-50(53)42-43-52(55)54(51)59-57-47-36-40-49(41-37-47)61-45-30-28-26-24-22-20-18-16-14-12-10-8-6-4-2/h31-43H,3-30,44-45,55H2,1-2H3. The summed E-state index contributed by atoms with van der Waals surface area (Å²) < 4.78 is 12.0. The van der Waals surface area contributed by atoms with E-state index in [4.69, 9.17) is 15.2 Å². The zero-order valence-corrected chi connectivity index (χ0v) is 38.4. The van der Waals surface area contributed by atoms with E-state index in [1.54, 1.807) is 0 Å². The molecule has 0 aliphatic heterocycles. The molecule has 0 fully saturated rings. The third kappa shape index (κ3) is 21.4. The van der Waals surface area contributed by atoms with Gasteiger partial charge in [0.05, 0.1) is 36.0 Å². The van der Waals surface area contributed by atoms with Crippen molar-refractivity contribution in [2.75, 3.05) is 18.9 Å². The predicted molar refractivity (Wildman–Crippen MR) is 261 cm³/mol. The monoisotopic (exact) mass is 832 g/mol. The Labute approximate surface area is 370 Å². The number of ether oxygens (including phenoxy) is 2. The van der Waals surface area contributed by atoms with Gasteiger partial charge in [0.25, 0.3) is 0 Å². The molecule has 7 heteroatoms. The molecule has 4 aromatic carbocycles. The smallest absolute Gasteiger partial charge is 0.119 e. The number of hydrogen-bond acceptors (Lipinski definition) is 7. The molecule has 0 saturated carbocycles. The van der Waals surface area contributed by atoms with Crippen LogP contribution in [0.3, 0.4) is 0 Å². The van der Waals surface area contributed by atoms with Gasteiger partial charge in [-0.3, -0.25) is 0 Å². The first-order valence-electron chi connectivity index (χ1n) is 24.8. The normalized spacial score (nSPS) is 11.7. The van der Waals surface area contributed by atoms with Gasteiger partial charge in [0.2, 0.25) is 0 Å². The molecule has 0 heterocycles. The first kappa shape index (κ1) is 49.4. The number of unbranched alkanes of at least 4 members (excludes halogenated alkanes) is 26. The second-order valence-electron chi connectivity index (χ2n) is 17.2. The van der Waals surface area contributed by atoms with Crippen LogP contribution in [-0.2, 0) is 0 Å². The zero-order valence-electron chi connectivity index (χ0n) is 38.4. The maximum absolute atomic E-state index is 6.42. The van der Waals surface area contributed by atoms with Gasteiger partial charge in [-0.15, -0.1) is 10.2 Å². The molecule has 334 valence electrons. The summed E-state index contributed by atoms with van der Waals surface area (Å²) in [6, 6.07) is 25.4. The minimum atomic E-state index is 0.558. The fourth-order valence-electron chi connectivity index (χ4n) is 7.95. The number of fused-ring (bicyclic) bond motifs is 1. The van der Waals surface area contributed by atoms with Crippen molar-refractivity contribution in [3.05, 3.63) is 78.9 Å². The van der Waals surface area contributed by atoms with Gasteiger partial charge in [-0.05, 0) is 79.6 Å². The number of benzene rings is 4. The Morgan fingerprint density at radius 3 is 1.15 bits per heavy atom. The van der Waals surface area contributed by atoms with E-state index < -0.39 is 0 Å². The SMILES string of the molecule is CCCCCCCCCCCCCCCCOc1ccc(N=Nc2cccc3c(N=Nc4ccc(OCCCCCCCCCCCCCCCC)cc4)c(N)ccc23)cc1. The molecule has 0 bridgehead atoms. The number of nitrogen functional groups attached to an aromatic ring is 1. The van der Waals surface area contributed by atoms with Gasteiger partial charge in [0.1, 0.15) is 17.2 Å². The van der Waals surface area contributed by atoms with Crippen molar-refractivity contribution in [3.8, 4) is 11.5 Å². The summed E-state index contributed by atoms with van der Waals surface area (Å²) in [4.78, 5) is 0. The molecule has 0 aliphatic rings. The van der Waals surface area contributed by atoms with E-state index in [9.17, 15) is 0 Å². The molecule has 0 radical (unpaired) electrons. The number of nitrogens with zero attached hydrogens (tertiary/aromatic N) is 4. The van der Waals surface area contributed by atoms with Gasteiger partial charge >= 0.3 is 0 Å². The Bertz CT molecular complexity index is 1750. The lowest BCUT2D eigenvalue weighted by Gasteiger charge is -2.08. The van der Waals surface area contributed by atoms with Crippen LogP contribution in [-0.4, -0.2) is 13.2 Å². The molecule has 2 N–H and O–H groups in total. The maximum Gasteiger partial charge on any atom is 0.119 e. The van der Waals surface area contributed by atoms with Crippen molar-refractivity contribution in [1.82, 2.24) is 0 Å². The molecule has 0 amide bonds. The van der Waals surface area contributed by atoms with Crippen LogP contribution in [0.2, 0.25) is 0 Å². The van der Waals surface area contributed by atoms with Crippen LogP contribution in [0.5, 0.6) is 11.5 Å². The van der Waals surface area contributed by atoms with Crippen molar-refractivity contribution in [2.24, 2.45) is 20.5 Å². The molecular formula is C54H81N5O2. The Morgan fingerprint density at radius 2 is 0.738 bits per heavy atom. The fraction of sp³-hybridized carbons (Fsp3) is 0.593. The lowest BCUT2D eigenvalue weighted by Crippen LogP contribution is -1.96. The Kier molecular flexibility index (Phi) is 26.3. The molecule has 0 aliphatic carbocycles. The van der Waals surface area contributed by atoms with Crippen LogP contribution < -0.4 is 15.2 Å². The van der Waals surface area contributed by atoms with Gasteiger partial charge in [-0.1, -0.05) is 193 Å². The highest BCUT2D eigenvalue weighted by Crippen LogP contribution is 2.38. The van der Waals surface area contributed by atoms with Gasteiger partial charge < -0.3 is 15.2 Å². The molecule has 0 saturated heterocycles. The predicted octanol–water partition coefficient (Wildman–Crippen LogP) is 19.0. The third-order valence-corrected chi connectivity index (χ3v) is 11.8. The fourth-order valence-corrected chi connectivity index (χ4v) is 7.95. The topological polar surface area (TPSA) is 93.9 Å². The lowest BCUT2D eigenvalue weighted by atomic mass is 10.0. The minimum Gasteiger partial charge on any atom is -0.494 e. The van der Waals surface area contributed by atoms with E-state index in [1.807, 2.05) is 78.9 Å². The largest absolute Gasteiger partial charge is 0.494 e. The Balaban J connectivity index is 1.11. The van der Waals surface area contributed by atoms with Crippen molar-refractivity contribution in [1.29, 1.82) is 0 Å². The molecule has 4 aromatic rings. The minimum absolute atomic E-state index is 0.558. The van der Waals surface area contributed by atoms with Crippen molar-refractivity contribution >= 4 is 39.2 Å². The number of hydrogen-bond donors (Lipinski definition) is 1. The highest BCUT2D eigenvalue weighted by atomic mass is 16.5. The van der Waals surface area contributed by atoms with E-state index in [0.717, 1.165) is 65.4 Å². The molecule has 7 nitrogen and oxygen atoms in total. The molecule has 61 heavy (non-hydrogen) atoms. The van der Waals surface area contributed by atoms with E-state index in [2.05, 4.69) is 34.3 Å². The first-order valence-corrected chi connectivity index (χ1v) is 24.8. The van der Waals surface area contributed by atoms with Crippen LogP contribution in [0.25, 0.3) is 10.8 Å². The second-order valence-corrected chi connectivity index (χ2v) is 17.2.